The molecule has 0 aliphatic rings. The van der Waals surface area contributed by atoms with E-state index in [1.54, 1.807) is 36.4 Å². The zero-order valence-electron chi connectivity index (χ0n) is 12.5. The van der Waals surface area contributed by atoms with Gasteiger partial charge in [-0.2, -0.15) is 0 Å². The van der Waals surface area contributed by atoms with E-state index < -0.39 is 0 Å². The molecule has 0 unspecified atom stereocenters. The minimum absolute atomic E-state index is 0.143. The van der Waals surface area contributed by atoms with Crippen molar-refractivity contribution in [3.05, 3.63) is 71.3 Å². The Morgan fingerprint density at radius 1 is 0.810 bits per heavy atom. The number of carbonyl (C=O) groups is 2. The minimum Gasteiger partial charge on any atom is -0.347 e. The lowest BCUT2D eigenvalue weighted by molar-refractivity contribution is 0.0910. The topological polar surface area (TPSA) is 46.2 Å². The van der Waals surface area contributed by atoms with Crippen LogP contribution in [0.2, 0.25) is 0 Å². The molecule has 0 saturated heterocycles. The molecule has 3 heteroatoms. The van der Waals surface area contributed by atoms with Gasteiger partial charge in [0.25, 0.3) is 5.91 Å². The van der Waals surface area contributed by atoms with E-state index in [2.05, 4.69) is 5.32 Å². The standard InChI is InChI=1S/C18H19NO2/c1-18(2,3)19-17(21)15-12-8-7-11-14(15)16(20)13-9-5-4-6-10-13/h4-12H,1-3H3,(H,19,21). The van der Waals surface area contributed by atoms with Gasteiger partial charge in [0.15, 0.2) is 5.78 Å². The average Bonchev–Trinajstić information content (AvgIpc) is 2.45. The molecule has 108 valence electrons. The van der Waals surface area contributed by atoms with Gasteiger partial charge in [-0.25, -0.2) is 0 Å². The first kappa shape index (κ1) is 15.0. The quantitative estimate of drug-likeness (QED) is 0.876. The third kappa shape index (κ3) is 3.78. The highest BCUT2D eigenvalue weighted by Gasteiger charge is 2.21. The molecule has 2 aromatic carbocycles. The lowest BCUT2D eigenvalue weighted by atomic mass is 9.97. The normalized spacial score (nSPS) is 11.0. The van der Waals surface area contributed by atoms with Crippen molar-refractivity contribution in [3.63, 3.8) is 0 Å². The van der Waals surface area contributed by atoms with Gasteiger partial charge in [-0.05, 0) is 26.8 Å². The van der Waals surface area contributed by atoms with E-state index in [0.717, 1.165) is 0 Å². The van der Waals surface area contributed by atoms with Crippen molar-refractivity contribution < 1.29 is 9.59 Å². The second kappa shape index (κ2) is 5.92. The highest BCUT2D eigenvalue weighted by Crippen LogP contribution is 2.15. The first-order valence-corrected chi connectivity index (χ1v) is 6.90. The van der Waals surface area contributed by atoms with Gasteiger partial charge in [-0.15, -0.1) is 0 Å². The Hall–Kier alpha value is -2.42. The lowest BCUT2D eigenvalue weighted by Gasteiger charge is -2.21. The fraction of sp³-hybridized carbons (Fsp3) is 0.222. The largest absolute Gasteiger partial charge is 0.347 e. The molecule has 1 amide bonds. The molecule has 0 aliphatic heterocycles. The molecule has 0 aromatic heterocycles. The van der Waals surface area contributed by atoms with Gasteiger partial charge in [0.1, 0.15) is 0 Å². The van der Waals surface area contributed by atoms with E-state index in [1.165, 1.54) is 0 Å². The van der Waals surface area contributed by atoms with E-state index in [4.69, 9.17) is 0 Å². The molecule has 0 spiro atoms. The van der Waals surface area contributed by atoms with Gasteiger partial charge in [0.05, 0.1) is 5.56 Å². The van der Waals surface area contributed by atoms with Crippen molar-refractivity contribution in [1.82, 2.24) is 5.32 Å². The van der Waals surface area contributed by atoms with Crippen LogP contribution in [-0.4, -0.2) is 17.2 Å². The van der Waals surface area contributed by atoms with E-state index in [1.807, 2.05) is 39.0 Å². The van der Waals surface area contributed by atoms with Crippen molar-refractivity contribution in [2.24, 2.45) is 0 Å². The smallest absolute Gasteiger partial charge is 0.252 e. The summed E-state index contributed by atoms with van der Waals surface area (Å²) in [5.74, 6) is -0.377. The van der Waals surface area contributed by atoms with Crippen LogP contribution in [0.1, 0.15) is 47.1 Å². The van der Waals surface area contributed by atoms with Crippen LogP contribution in [0.25, 0.3) is 0 Å². The summed E-state index contributed by atoms with van der Waals surface area (Å²) < 4.78 is 0. The summed E-state index contributed by atoms with van der Waals surface area (Å²) in [6.45, 7) is 5.73. The predicted octanol–water partition coefficient (Wildman–Crippen LogP) is 3.45. The van der Waals surface area contributed by atoms with E-state index in [9.17, 15) is 9.59 Å². The van der Waals surface area contributed by atoms with Crippen LogP contribution in [-0.2, 0) is 0 Å². The summed E-state index contributed by atoms with van der Waals surface area (Å²) in [4.78, 5) is 24.9. The molecule has 0 heterocycles. The molecule has 21 heavy (non-hydrogen) atoms. The SMILES string of the molecule is CC(C)(C)NC(=O)c1ccccc1C(=O)c1ccccc1. The molecule has 0 fully saturated rings. The zero-order valence-corrected chi connectivity index (χ0v) is 12.5. The Balaban J connectivity index is 2.38. The summed E-state index contributed by atoms with van der Waals surface area (Å²) in [5, 5.41) is 2.89. The maximum Gasteiger partial charge on any atom is 0.252 e. The van der Waals surface area contributed by atoms with Crippen LogP contribution < -0.4 is 5.32 Å². The third-order valence-electron chi connectivity index (χ3n) is 2.94. The Morgan fingerprint density at radius 3 is 1.90 bits per heavy atom. The molecule has 2 rings (SSSR count). The number of hydrogen-bond acceptors (Lipinski definition) is 2. The van der Waals surface area contributed by atoms with Crippen LogP contribution in [0.3, 0.4) is 0 Å². The molecule has 2 aromatic rings. The van der Waals surface area contributed by atoms with Gasteiger partial charge in [-0.1, -0.05) is 48.5 Å². The molecule has 0 bridgehead atoms. The first-order chi connectivity index (χ1) is 9.88. The van der Waals surface area contributed by atoms with Crippen molar-refractivity contribution in [2.75, 3.05) is 0 Å². The second-order valence-electron chi connectivity index (χ2n) is 5.94. The van der Waals surface area contributed by atoms with E-state index in [0.29, 0.717) is 16.7 Å². The lowest BCUT2D eigenvalue weighted by Crippen LogP contribution is -2.41. The Labute approximate surface area is 125 Å². The van der Waals surface area contributed by atoms with Crippen molar-refractivity contribution in [1.29, 1.82) is 0 Å². The Kier molecular flexibility index (Phi) is 4.22. The number of carbonyl (C=O) groups excluding carboxylic acids is 2. The van der Waals surface area contributed by atoms with Gasteiger partial charge in [0.2, 0.25) is 0 Å². The van der Waals surface area contributed by atoms with E-state index in [-0.39, 0.29) is 17.2 Å². The molecule has 0 aliphatic carbocycles. The van der Waals surface area contributed by atoms with Gasteiger partial charge >= 0.3 is 0 Å². The highest BCUT2D eigenvalue weighted by molar-refractivity contribution is 6.15. The molecule has 1 N–H and O–H groups in total. The van der Waals surface area contributed by atoms with Crippen molar-refractivity contribution in [2.45, 2.75) is 26.3 Å². The second-order valence-corrected chi connectivity index (χ2v) is 5.94. The van der Waals surface area contributed by atoms with Crippen LogP contribution in [0.4, 0.5) is 0 Å². The van der Waals surface area contributed by atoms with Crippen molar-refractivity contribution >= 4 is 11.7 Å². The maximum absolute atomic E-state index is 12.6. The number of ketones is 1. The summed E-state index contributed by atoms with van der Waals surface area (Å²) >= 11 is 0. The summed E-state index contributed by atoms with van der Waals surface area (Å²) in [6, 6.07) is 15.9. The van der Waals surface area contributed by atoms with Crippen molar-refractivity contribution in [3.8, 4) is 0 Å². The molecular weight excluding hydrogens is 262 g/mol. The number of amides is 1. The Bertz CT molecular complexity index is 654. The average molecular weight is 281 g/mol. The first-order valence-electron chi connectivity index (χ1n) is 6.90. The fourth-order valence-electron chi connectivity index (χ4n) is 2.03. The monoisotopic (exact) mass is 281 g/mol. The molecule has 3 nitrogen and oxygen atoms in total. The number of nitrogens with one attached hydrogen (secondary N) is 1. The van der Waals surface area contributed by atoms with E-state index >= 15 is 0 Å². The van der Waals surface area contributed by atoms with Gasteiger partial charge < -0.3 is 5.32 Å². The number of rotatable bonds is 3. The molecule has 0 atom stereocenters. The van der Waals surface area contributed by atoms with Crippen LogP contribution in [0, 0.1) is 0 Å². The fourth-order valence-corrected chi connectivity index (χ4v) is 2.03. The Morgan fingerprint density at radius 2 is 1.33 bits per heavy atom. The maximum atomic E-state index is 12.6. The number of hydrogen-bond donors (Lipinski definition) is 1. The third-order valence-corrected chi connectivity index (χ3v) is 2.94. The minimum atomic E-state index is -0.347. The van der Waals surface area contributed by atoms with Gasteiger partial charge in [-0.3, -0.25) is 9.59 Å². The molecule has 0 radical (unpaired) electrons. The highest BCUT2D eigenvalue weighted by atomic mass is 16.2. The van der Waals surface area contributed by atoms with Gasteiger partial charge in [0, 0.05) is 16.7 Å². The molecule has 0 saturated carbocycles. The summed E-state index contributed by atoms with van der Waals surface area (Å²) in [5.41, 5.74) is 1.06. The van der Waals surface area contributed by atoms with Crippen LogP contribution >= 0.6 is 0 Å². The van der Waals surface area contributed by atoms with Crippen LogP contribution in [0.15, 0.2) is 54.6 Å². The predicted molar refractivity (Wildman–Crippen MR) is 83.5 cm³/mol. The van der Waals surface area contributed by atoms with Crippen LogP contribution in [0.5, 0.6) is 0 Å². The zero-order chi connectivity index (χ0) is 15.5. The molecular formula is C18H19NO2. The number of benzene rings is 2. The summed E-state index contributed by atoms with van der Waals surface area (Å²) in [7, 11) is 0. The summed E-state index contributed by atoms with van der Waals surface area (Å²) in [6.07, 6.45) is 0.